The third kappa shape index (κ3) is 4.46. The molecule has 1 amide bonds. The normalized spacial score (nSPS) is 19.0. The second kappa shape index (κ2) is 6.68. The van der Waals surface area contributed by atoms with E-state index in [1.165, 1.54) is 0 Å². The number of nitrogens with zero attached hydrogens (tertiary/aromatic N) is 3. The smallest absolute Gasteiger partial charge is 0.362 e. The van der Waals surface area contributed by atoms with Crippen LogP contribution in [0.5, 0.6) is 0 Å². The number of rotatable bonds is 5. The summed E-state index contributed by atoms with van der Waals surface area (Å²) in [5, 5.41) is 4.36. The molecule has 2 rings (SSSR count). The predicted molar refractivity (Wildman–Crippen MR) is 73.3 cm³/mol. The zero-order chi connectivity index (χ0) is 16.3. The maximum absolute atomic E-state index is 12.0. The number of hydrogen-bond donors (Lipinski definition) is 0. The van der Waals surface area contributed by atoms with Gasteiger partial charge in [0.25, 0.3) is 0 Å². The van der Waals surface area contributed by atoms with Crippen molar-refractivity contribution in [1.29, 1.82) is 0 Å². The molecule has 0 bridgehead atoms. The largest absolute Gasteiger partial charge is 0.411 e. The van der Waals surface area contributed by atoms with Crippen LogP contribution in [0.25, 0.3) is 0 Å². The molecule has 0 spiro atoms. The van der Waals surface area contributed by atoms with Gasteiger partial charge >= 0.3 is 6.18 Å². The molecule has 0 radical (unpaired) electrons. The first-order valence-electron chi connectivity index (χ1n) is 7.21. The molecule has 1 aromatic heterocycles. The van der Waals surface area contributed by atoms with Gasteiger partial charge in [-0.3, -0.25) is 9.48 Å². The van der Waals surface area contributed by atoms with Crippen LogP contribution in [0.15, 0.2) is 6.07 Å². The molecule has 124 valence electrons. The molecule has 1 aliphatic rings. The number of halogens is 3. The van der Waals surface area contributed by atoms with Crippen LogP contribution in [-0.2, 0) is 16.1 Å². The van der Waals surface area contributed by atoms with E-state index in [2.05, 4.69) is 9.84 Å². The monoisotopic (exact) mass is 319 g/mol. The van der Waals surface area contributed by atoms with Crippen molar-refractivity contribution in [3.63, 3.8) is 0 Å². The van der Waals surface area contributed by atoms with Crippen LogP contribution in [0, 0.1) is 13.8 Å². The van der Waals surface area contributed by atoms with Gasteiger partial charge in [-0.1, -0.05) is 0 Å². The number of hydrogen-bond acceptors (Lipinski definition) is 3. The lowest BCUT2D eigenvalue weighted by Crippen LogP contribution is -2.41. The standard InChI is InChI=1S/C14H20F3N3O2/c1-10-6-11(2)20(18-10)7-12-4-3-5-19(12)13(21)8-22-9-14(15,16)17/h6,12H,3-5,7-9H2,1-2H3. The van der Waals surface area contributed by atoms with Gasteiger partial charge in [-0.25, -0.2) is 0 Å². The van der Waals surface area contributed by atoms with Gasteiger partial charge in [0.2, 0.25) is 5.91 Å². The summed E-state index contributed by atoms with van der Waals surface area (Å²) in [6, 6.07) is 1.91. The molecule has 8 heteroatoms. The second-order valence-corrected chi connectivity index (χ2v) is 5.60. The number of ether oxygens (including phenoxy) is 1. The van der Waals surface area contributed by atoms with Crippen molar-refractivity contribution < 1.29 is 22.7 Å². The van der Waals surface area contributed by atoms with E-state index in [9.17, 15) is 18.0 Å². The third-order valence-electron chi connectivity index (χ3n) is 3.68. The van der Waals surface area contributed by atoms with Crippen LogP contribution in [0.1, 0.15) is 24.2 Å². The SMILES string of the molecule is Cc1cc(C)n(CC2CCCN2C(=O)COCC(F)(F)F)n1. The highest BCUT2D eigenvalue weighted by Crippen LogP contribution is 2.20. The Kier molecular flexibility index (Phi) is 5.10. The van der Waals surface area contributed by atoms with E-state index >= 15 is 0 Å². The molecular weight excluding hydrogens is 299 g/mol. The first-order valence-corrected chi connectivity index (χ1v) is 7.21. The van der Waals surface area contributed by atoms with Gasteiger partial charge < -0.3 is 9.64 Å². The summed E-state index contributed by atoms with van der Waals surface area (Å²) < 4.78 is 42.4. The van der Waals surface area contributed by atoms with Gasteiger partial charge in [-0.15, -0.1) is 0 Å². The zero-order valence-corrected chi connectivity index (χ0v) is 12.7. The molecular formula is C14H20F3N3O2. The fraction of sp³-hybridized carbons (Fsp3) is 0.714. The maximum atomic E-state index is 12.0. The molecule has 1 saturated heterocycles. The Bertz CT molecular complexity index is 528. The van der Waals surface area contributed by atoms with Crippen LogP contribution < -0.4 is 0 Å². The lowest BCUT2D eigenvalue weighted by Gasteiger charge is -2.25. The molecule has 0 N–H and O–H groups in total. The highest BCUT2D eigenvalue weighted by Gasteiger charge is 2.31. The first kappa shape index (κ1) is 16.8. The summed E-state index contributed by atoms with van der Waals surface area (Å²) in [7, 11) is 0. The Hall–Kier alpha value is -1.57. The predicted octanol–water partition coefficient (Wildman–Crippen LogP) is 2.07. The number of carbonyl (C=O) groups excluding carboxylic acids is 1. The molecule has 22 heavy (non-hydrogen) atoms. The molecule has 1 atom stereocenters. The molecule has 0 saturated carbocycles. The molecule has 1 fully saturated rings. The van der Waals surface area contributed by atoms with Crippen molar-refractivity contribution in [2.75, 3.05) is 19.8 Å². The quantitative estimate of drug-likeness (QED) is 0.835. The number of alkyl halides is 3. The second-order valence-electron chi connectivity index (χ2n) is 5.60. The molecule has 1 aliphatic heterocycles. The highest BCUT2D eigenvalue weighted by molar-refractivity contribution is 5.78. The average Bonchev–Trinajstić information content (AvgIpc) is 2.95. The van der Waals surface area contributed by atoms with E-state index < -0.39 is 25.3 Å². The third-order valence-corrected chi connectivity index (χ3v) is 3.68. The van der Waals surface area contributed by atoms with Gasteiger partial charge in [-0.2, -0.15) is 18.3 Å². The van der Waals surface area contributed by atoms with E-state index in [0.717, 1.165) is 24.2 Å². The van der Waals surface area contributed by atoms with E-state index in [1.807, 2.05) is 24.6 Å². The van der Waals surface area contributed by atoms with Crippen LogP contribution in [-0.4, -0.2) is 52.6 Å². The molecule has 2 heterocycles. The maximum Gasteiger partial charge on any atom is 0.411 e. The molecule has 5 nitrogen and oxygen atoms in total. The van der Waals surface area contributed by atoms with Crippen LogP contribution >= 0.6 is 0 Å². The minimum atomic E-state index is -4.41. The first-order chi connectivity index (χ1) is 10.3. The summed E-state index contributed by atoms with van der Waals surface area (Å²) in [5.41, 5.74) is 1.91. The number of aryl methyl sites for hydroxylation is 2. The van der Waals surface area contributed by atoms with Gasteiger partial charge in [0, 0.05) is 12.2 Å². The van der Waals surface area contributed by atoms with E-state index in [-0.39, 0.29) is 6.04 Å². The van der Waals surface area contributed by atoms with E-state index in [1.54, 1.807) is 4.90 Å². The number of amides is 1. The Morgan fingerprint density at radius 1 is 1.45 bits per heavy atom. The Labute approximate surface area is 127 Å². The minimum absolute atomic E-state index is 0.0417. The lowest BCUT2D eigenvalue weighted by atomic mass is 10.2. The number of carbonyl (C=O) groups is 1. The van der Waals surface area contributed by atoms with Crippen LogP contribution in [0.4, 0.5) is 13.2 Å². The topological polar surface area (TPSA) is 47.4 Å². The van der Waals surface area contributed by atoms with Gasteiger partial charge in [0.05, 0.1) is 18.3 Å². The van der Waals surface area contributed by atoms with Crippen molar-refractivity contribution in [2.24, 2.45) is 0 Å². The zero-order valence-electron chi connectivity index (χ0n) is 12.7. The van der Waals surface area contributed by atoms with Gasteiger partial charge in [0.15, 0.2) is 0 Å². The van der Waals surface area contributed by atoms with Gasteiger partial charge in [0.1, 0.15) is 13.2 Å². The Balaban J connectivity index is 1.90. The highest BCUT2D eigenvalue weighted by atomic mass is 19.4. The molecule has 0 aliphatic carbocycles. The van der Waals surface area contributed by atoms with Crippen molar-refractivity contribution in [3.05, 3.63) is 17.5 Å². The molecule has 0 aromatic carbocycles. The molecule has 1 aromatic rings. The fourth-order valence-corrected chi connectivity index (χ4v) is 2.75. The number of aromatic nitrogens is 2. The minimum Gasteiger partial charge on any atom is -0.362 e. The van der Waals surface area contributed by atoms with Crippen molar-refractivity contribution >= 4 is 5.91 Å². The summed E-state index contributed by atoms with van der Waals surface area (Å²) in [4.78, 5) is 13.6. The van der Waals surface area contributed by atoms with E-state index in [0.29, 0.717) is 13.1 Å². The fourth-order valence-electron chi connectivity index (χ4n) is 2.75. The molecule has 1 unspecified atom stereocenters. The van der Waals surface area contributed by atoms with Crippen molar-refractivity contribution in [3.8, 4) is 0 Å². The Morgan fingerprint density at radius 3 is 2.77 bits per heavy atom. The van der Waals surface area contributed by atoms with Crippen molar-refractivity contribution in [2.45, 2.75) is 45.5 Å². The summed E-state index contributed by atoms with van der Waals surface area (Å²) in [6.07, 6.45) is -2.74. The van der Waals surface area contributed by atoms with Crippen molar-refractivity contribution in [1.82, 2.24) is 14.7 Å². The lowest BCUT2D eigenvalue weighted by molar-refractivity contribution is -0.178. The Morgan fingerprint density at radius 2 is 2.18 bits per heavy atom. The van der Waals surface area contributed by atoms with E-state index in [4.69, 9.17) is 0 Å². The average molecular weight is 319 g/mol. The summed E-state index contributed by atoms with van der Waals surface area (Å²) >= 11 is 0. The number of likely N-dealkylation sites (tertiary alicyclic amines) is 1. The van der Waals surface area contributed by atoms with Crippen LogP contribution in [0.3, 0.4) is 0 Å². The van der Waals surface area contributed by atoms with Crippen LogP contribution in [0.2, 0.25) is 0 Å². The summed E-state index contributed by atoms with van der Waals surface area (Å²) in [5.74, 6) is -0.395. The van der Waals surface area contributed by atoms with Gasteiger partial charge in [-0.05, 0) is 32.8 Å². The summed E-state index contributed by atoms with van der Waals surface area (Å²) in [6.45, 7) is 3.02.